The molecule has 0 spiro atoms. The molecule has 7 nitrogen and oxygen atoms in total. The molecule has 3 aromatic carbocycles. The van der Waals surface area contributed by atoms with E-state index >= 15 is 0 Å². The van der Waals surface area contributed by atoms with E-state index in [1.54, 1.807) is 43.5 Å². The van der Waals surface area contributed by atoms with Crippen molar-refractivity contribution in [1.82, 2.24) is 0 Å². The van der Waals surface area contributed by atoms with Crippen molar-refractivity contribution in [2.75, 3.05) is 35.2 Å². The summed E-state index contributed by atoms with van der Waals surface area (Å²) in [5, 5.41) is 11.3. The Kier molecular flexibility index (Phi) is 8.01. The van der Waals surface area contributed by atoms with Gasteiger partial charge in [-0.2, -0.15) is 0 Å². The fourth-order valence-corrected chi connectivity index (χ4v) is 3.65. The minimum atomic E-state index is -0.552. The molecule has 0 bridgehead atoms. The number of aliphatic hydroxyl groups excluding tert-OH is 1. The molecule has 172 valence electrons. The zero-order chi connectivity index (χ0) is 24.0. The number of ketones is 1. The molecule has 0 fully saturated rings. The predicted molar refractivity (Wildman–Crippen MR) is 125 cm³/mol. The van der Waals surface area contributed by atoms with E-state index < -0.39 is 12.4 Å². The number of fused-ring (bicyclic) bond motifs is 1. The lowest BCUT2D eigenvalue weighted by Gasteiger charge is -2.19. The SMILES string of the molecule is COCOc1c(C(=O)C#Cc2ccc(OC)cc2)c(CO)cc2c(OC)cc(Cl)c(OC)c12. The van der Waals surface area contributed by atoms with Crippen LogP contribution in [-0.2, 0) is 11.3 Å². The van der Waals surface area contributed by atoms with Gasteiger partial charge in [0, 0.05) is 24.1 Å². The number of hydrogen-bond acceptors (Lipinski definition) is 7. The molecule has 3 rings (SSSR count). The number of rotatable bonds is 8. The summed E-state index contributed by atoms with van der Waals surface area (Å²) in [4.78, 5) is 13.3. The maximum Gasteiger partial charge on any atom is 0.240 e. The van der Waals surface area contributed by atoms with E-state index in [1.165, 1.54) is 21.3 Å². The second-order valence-electron chi connectivity index (χ2n) is 6.77. The molecule has 1 N–H and O–H groups in total. The smallest absolute Gasteiger partial charge is 0.240 e. The Morgan fingerprint density at radius 2 is 1.73 bits per heavy atom. The number of Topliss-reactive ketones (excluding diaryl/α,β-unsaturated/α-hetero) is 1. The third-order valence-corrected chi connectivity index (χ3v) is 5.16. The number of aliphatic hydroxyl groups is 1. The molecule has 0 aliphatic heterocycles. The zero-order valence-electron chi connectivity index (χ0n) is 18.7. The Bertz CT molecular complexity index is 1220. The molecule has 33 heavy (non-hydrogen) atoms. The maximum absolute atomic E-state index is 13.3. The van der Waals surface area contributed by atoms with Gasteiger partial charge in [0.2, 0.25) is 5.78 Å². The molecule has 8 heteroatoms. The van der Waals surface area contributed by atoms with Crippen LogP contribution in [0.1, 0.15) is 21.5 Å². The third kappa shape index (κ3) is 4.99. The van der Waals surface area contributed by atoms with Gasteiger partial charge in [0.05, 0.1) is 43.9 Å². The fraction of sp³-hybridized carbons (Fsp3) is 0.240. The summed E-state index contributed by atoms with van der Waals surface area (Å²) in [7, 11) is 5.97. The van der Waals surface area contributed by atoms with E-state index in [2.05, 4.69) is 11.8 Å². The van der Waals surface area contributed by atoms with E-state index in [4.69, 9.17) is 35.3 Å². The largest absolute Gasteiger partial charge is 0.497 e. The Hall–Kier alpha value is -3.44. The Labute approximate surface area is 196 Å². The van der Waals surface area contributed by atoms with Gasteiger partial charge in [0.25, 0.3) is 0 Å². The molecule has 0 amide bonds. The Balaban J connectivity index is 2.26. The highest BCUT2D eigenvalue weighted by molar-refractivity contribution is 6.34. The minimum Gasteiger partial charge on any atom is -0.497 e. The molecular weight excluding hydrogens is 448 g/mol. The van der Waals surface area contributed by atoms with Gasteiger partial charge in [0.15, 0.2) is 6.79 Å². The molecule has 0 saturated heterocycles. The molecule has 0 heterocycles. The van der Waals surface area contributed by atoms with Crippen molar-refractivity contribution in [3.05, 3.63) is 58.1 Å². The summed E-state index contributed by atoms with van der Waals surface area (Å²) in [5.41, 5.74) is 1.02. The van der Waals surface area contributed by atoms with Crippen molar-refractivity contribution in [2.24, 2.45) is 0 Å². The van der Waals surface area contributed by atoms with Crippen LogP contribution in [0.4, 0.5) is 0 Å². The molecule has 0 aliphatic rings. The number of methoxy groups -OCH3 is 4. The molecular formula is C25H23ClO7. The topological polar surface area (TPSA) is 83.5 Å². The quantitative estimate of drug-likeness (QED) is 0.299. The number of carbonyl (C=O) groups excluding carboxylic acids is 1. The number of halogens is 1. The van der Waals surface area contributed by atoms with E-state index in [1.807, 2.05) is 0 Å². The average molecular weight is 471 g/mol. The summed E-state index contributed by atoms with van der Waals surface area (Å²) < 4.78 is 27.0. The number of ether oxygens (including phenoxy) is 5. The number of hydrogen-bond donors (Lipinski definition) is 1. The second-order valence-corrected chi connectivity index (χ2v) is 7.18. The highest BCUT2D eigenvalue weighted by Gasteiger charge is 2.25. The van der Waals surface area contributed by atoms with Crippen molar-refractivity contribution in [1.29, 1.82) is 0 Å². The minimum absolute atomic E-state index is 0.0886. The Morgan fingerprint density at radius 1 is 1.00 bits per heavy atom. The van der Waals surface area contributed by atoms with Gasteiger partial charge in [-0.05, 0) is 41.8 Å². The first kappa shape index (κ1) is 24.2. The first-order valence-corrected chi connectivity index (χ1v) is 10.2. The van der Waals surface area contributed by atoms with Crippen LogP contribution in [0.3, 0.4) is 0 Å². The van der Waals surface area contributed by atoms with Crippen molar-refractivity contribution >= 4 is 28.2 Å². The van der Waals surface area contributed by atoms with E-state index in [-0.39, 0.29) is 23.1 Å². The highest BCUT2D eigenvalue weighted by Crippen LogP contribution is 2.46. The van der Waals surface area contributed by atoms with Gasteiger partial charge < -0.3 is 28.8 Å². The molecule has 3 aromatic rings. The molecule has 0 atom stereocenters. The van der Waals surface area contributed by atoms with Gasteiger partial charge in [-0.15, -0.1) is 0 Å². The molecule has 0 unspecified atom stereocenters. The standard InChI is InChI=1S/C25H23ClO7/c1-29-14-33-25-22(20(28)10-7-15-5-8-17(30-2)9-6-15)16(13-27)11-18-21(31-3)12-19(26)24(32-4)23(18)25/h5-6,8-9,11-12,27H,13-14H2,1-4H3. The van der Waals surface area contributed by atoms with Crippen LogP contribution in [0.15, 0.2) is 36.4 Å². The van der Waals surface area contributed by atoms with Crippen molar-refractivity contribution in [2.45, 2.75) is 6.61 Å². The van der Waals surface area contributed by atoms with Crippen LogP contribution >= 0.6 is 11.6 Å². The first-order valence-electron chi connectivity index (χ1n) is 9.82. The second kappa shape index (κ2) is 10.9. The summed E-state index contributed by atoms with van der Waals surface area (Å²) in [6, 6.07) is 10.2. The lowest BCUT2D eigenvalue weighted by Crippen LogP contribution is -2.10. The van der Waals surface area contributed by atoms with Crippen molar-refractivity contribution in [3.63, 3.8) is 0 Å². The normalized spacial score (nSPS) is 10.4. The third-order valence-electron chi connectivity index (χ3n) is 4.88. The molecule has 0 aromatic heterocycles. The summed E-state index contributed by atoms with van der Waals surface area (Å²) in [6.45, 7) is -0.590. The fourth-order valence-electron chi connectivity index (χ4n) is 3.38. The molecule has 0 radical (unpaired) electrons. The van der Waals surface area contributed by atoms with Crippen LogP contribution < -0.4 is 18.9 Å². The van der Waals surface area contributed by atoms with E-state index in [9.17, 15) is 9.90 Å². The average Bonchev–Trinajstić information content (AvgIpc) is 2.85. The van der Waals surface area contributed by atoms with Gasteiger partial charge >= 0.3 is 0 Å². The number of carbonyl (C=O) groups is 1. The number of benzene rings is 3. The van der Waals surface area contributed by atoms with Crippen LogP contribution in [0.5, 0.6) is 23.0 Å². The lowest BCUT2D eigenvalue weighted by atomic mass is 9.95. The van der Waals surface area contributed by atoms with Crippen LogP contribution in [0, 0.1) is 11.8 Å². The van der Waals surface area contributed by atoms with E-state index in [0.717, 1.165) is 0 Å². The van der Waals surface area contributed by atoms with Crippen LogP contribution in [0.25, 0.3) is 10.8 Å². The van der Waals surface area contributed by atoms with Gasteiger partial charge in [0.1, 0.15) is 23.0 Å². The van der Waals surface area contributed by atoms with Gasteiger partial charge in [-0.1, -0.05) is 17.5 Å². The summed E-state index contributed by atoms with van der Waals surface area (Å²) in [6.07, 6.45) is 0. The summed E-state index contributed by atoms with van der Waals surface area (Å²) in [5.74, 6) is 6.43. The lowest BCUT2D eigenvalue weighted by molar-refractivity contribution is 0.0512. The Morgan fingerprint density at radius 3 is 2.30 bits per heavy atom. The maximum atomic E-state index is 13.3. The van der Waals surface area contributed by atoms with Gasteiger partial charge in [-0.25, -0.2) is 0 Å². The zero-order valence-corrected chi connectivity index (χ0v) is 19.4. The van der Waals surface area contributed by atoms with Crippen LogP contribution in [0.2, 0.25) is 5.02 Å². The van der Waals surface area contributed by atoms with Crippen molar-refractivity contribution in [3.8, 4) is 34.8 Å². The van der Waals surface area contributed by atoms with Crippen LogP contribution in [-0.4, -0.2) is 46.1 Å². The molecule has 0 aliphatic carbocycles. The van der Waals surface area contributed by atoms with E-state index in [0.29, 0.717) is 39.1 Å². The monoisotopic (exact) mass is 470 g/mol. The van der Waals surface area contributed by atoms with Crippen molar-refractivity contribution < 1.29 is 33.6 Å². The molecule has 0 saturated carbocycles. The summed E-state index contributed by atoms with van der Waals surface area (Å²) >= 11 is 6.40. The first-order chi connectivity index (χ1) is 16.0. The highest BCUT2D eigenvalue weighted by atomic mass is 35.5. The van der Waals surface area contributed by atoms with Gasteiger partial charge in [-0.3, -0.25) is 4.79 Å². The predicted octanol–water partition coefficient (Wildman–Crippen LogP) is 4.23.